The molecule has 10 heavy (non-hydrogen) atoms. The maximum atomic E-state index is 8.91. The monoisotopic (exact) mass is 144 g/mol. The van der Waals surface area contributed by atoms with Crippen molar-refractivity contribution in [1.82, 2.24) is 0 Å². The van der Waals surface area contributed by atoms with Gasteiger partial charge < -0.3 is 9.59 Å². The molecule has 1 atom stereocenters. The number of nitrogens with zero attached hydrogens (tertiary/aromatic N) is 1. The second-order valence-electron chi connectivity index (χ2n) is 4.03. The number of aliphatic hydroxyl groups is 1. The van der Waals surface area contributed by atoms with E-state index in [4.69, 9.17) is 5.11 Å². The van der Waals surface area contributed by atoms with E-state index in [-0.39, 0.29) is 0 Å². The van der Waals surface area contributed by atoms with Gasteiger partial charge in [0.05, 0.1) is 33.8 Å². The molecule has 1 N–H and O–H groups in total. The summed E-state index contributed by atoms with van der Waals surface area (Å²) in [5.74, 6) is 0.559. The summed E-state index contributed by atoms with van der Waals surface area (Å²) >= 11 is 0. The van der Waals surface area contributed by atoms with Crippen molar-refractivity contribution in [2.45, 2.75) is 12.8 Å². The second kappa shape index (κ2) is 2.89. The van der Waals surface area contributed by atoms with E-state index in [2.05, 4.69) is 14.1 Å². The smallest absolute Gasteiger partial charge is 0.0833 e. The van der Waals surface area contributed by atoms with Crippen LogP contribution in [0.3, 0.4) is 0 Å². The second-order valence-corrected chi connectivity index (χ2v) is 4.03. The predicted octanol–water partition coefficient (Wildman–Crippen LogP) is 0.465. The van der Waals surface area contributed by atoms with Crippen LogP contribution < -0.4 is 0 Å². The molecule has 1 aliphatic heterocycles. The van der Waals surface area contributed by atoms with Crippen molar-refractivity contribution < 1.29 is 9.59 Å². The molecule has 1 unspecified atom stereocenters. The van der Waals surface area contributed by atoms with E-state index in [1.54, 1.807) is 0 Å². The Morgan fingerprint density at radius 3 is 2.60 bits per heavy atom. The summed E-state index contributed by atoms with van der Waals surface area (Å²) in [5.41, 5.74) is 0. The van der Waals surface area contributed by atoms with E-state index in [0.29, 0.717) is 12.5 Å². The van der Waals surface area contributed by atoms with Gasteiger partial charge in [0.15, 0.2) is 0 Å². The van der Waals surface area contributed by atoms with Crippen molar-refractivity contribution in [2.75, 3.05) is 33.8 Å². The fraction of sp³-hybridized carbons (Fsp3) is 1.00. The standard InChI is InChI=1S/C8H18NO/c1-9(2)5-3-4-8(6-9)7-10/h8,10H,3-7H2,1-2H3/q+1. The van der Waals surface area contributed by atoms with Crippen LogP contribution in [0.25, 0.3) is 0 Å². The molecule has 0 bridgehead atoms. The maximum absolute atomic E-state index is 8.91. The molecule has 60 valence electrons. The highest BCUT2D eigenvalue weighted by atomic mass is 16.3. The van der Waals surface area contributed by atoms with Crippen LogP contribution in [0, 0.1) is 5.92 Å². The van der Waals surface area contributed by atoms with Crippen LogP contribution >= 0.6 is 0 Å². The van der Waals surface area contributed by atoms with Crippen molar-refractivity contribution in [2.24, 2.45) is 5.92 Å². The van der Waals surface area contributed by atoms with E-state index >= 15 is 0 Å². The van der Waals surface area contributed by atoms with E-state index < -0.39 is 0 Å². The molecular weight excluding hydrogens is 126 g/mol. The predicted molar refractivity (Wildman–Crippen MR) is 41.7 cm³/mol. The number of aliphatic hydroxyl groups excluding tert-OH is 1. The van der Waals surface area contributed by atoms with Gasteiger partial charge in [0.2, 0.25) is 0 Å². The minimum absolute atomic E-state index is 0.377. The highest BCUT2D eigenvalue weighted by Gasteiger charge is 2.26. The van der Waals surface area contributed by atoms with Crippen LogP contribution in [0.5, 0.6) is 0 Å². The molecule has 0 radical (unpaired) electrons. The first-order valence-electron chi connectivity index (χ1n) is 4.07. The van der Waals surface area contributed by atoms with Gasteiger partial charge >= 0.3 is 0 Å². The fourth-order valence-corrected chi connectivity index (χ4v) is 1.84. The van der Waals surface area contributed by atoms with E-state index in [9.17, 15) is 0 Å². The zero-order valence-electron chi connectivity index (χ0n) is 7.01. The van der Waals surface area contributed by atoms with E-state index in [0.717, 1.165) is 11.0 Å². The lowest BCUT2D eigenvalue weighted by Crippen LogP contribution is -2.48. The Morgan fingerprint density at radius 2 is 2.20 bits per heavy atom. The summed E-state index contributed by atoms with van der Waals surface area (Å²) in [7, 11) is 4.48. The highest BCUT2D eigenvalue weighted by Crippen LogP contribution is 2.18. The van der Waals surface area contributed by atoms with Crippen LogP contribution in [0.15, 0.2) is 0 Å². The summed E-state index contributed by atoms with van der Waals surface area (Å²) < 4.78 is 1.09. The summed E-state index contributed by atoms with van der Waals surface area (Å²) in [6.45, 7) is 2.80. The van der Waals surface area contributed by atoms with Crippen LogP contribution in [0.4, 0.5) is 0 Å². The molecule has 1 heterocycles. The van der Waals surface area contributed by atoms with Gasteiger partial charge in [0.25, 0.3) is 0 Å². The maximum Gasteiger partial charge on any atom is 0.0833 e. The number of hydrogen-bond donors (Lipinski definition) is 1. The van der Waals surface area contributed by atoms with Gasteiger partial charge in [0.1, 0.15) is 0 Å². The van der Waals surface area contributed by atoms with Crippen LogP contribution in [0.1, 0.15) is 12.8 Å². The zero-order chi connectivity index (χ0) is 7.61. The molecule has 1 rings (SSSR count). The third-order valence-corrected chi connectivity index (χ3v) is 2.39. The molecule has 1 saturated heterocycles. The van der Waals surface area contributed by atoms with Gasteiger partial charge in [-0.2, -0.15) is 0 Å². The van der Waals surface area contributed by atoms with Gasteiger partial charge in [-0.15, -0.1) is 0 Å². The van der Waals surface area contributed by atoms with Crippen molar-refractivity contribution in [1.29, 1.82) is 0 Å². The van der Waals surface area contributed by atoms with Crippen molar-refractivity contribution in [3.05, 3.63) is 0 Å². The third kappa shape index (κ3) is 1.96. The first kappa shape index (κ1) is 8.02. The number of rotatable bonds is 1. The molecule has 0 aromatic carbocycles. The van der Waals surface area contributed by atoms with Crippen molar-refractivity contribution in [3.63, 3.8) is 0 Å². The number of hydrogen-bond acceptors (Lipinski definition) is 1. The average Bonchev–Trinajstić information content (AvgIpc) is 1.86. The normalized spacial score (nSPS) is 32.1. The molecule has 2 nitrogen and oxygen atoms in total. The van der Waals surface area contributed by atoms with Gasteiger partial charge in [-0.25, -0.2) is 0 Å². The van der Waals surface area contributed by atoms with E-state index in [1.165, 1.54) is 19.4 Å². The number of likely N-dealkylation sites (tertiary alicyclic amines) is 1. The summed E-state index contributed by atoms with van der Waals surface area (Å²) in [6, 6.07) is 0. The van der Waals surface area contributed by atoms with Crippen LogP contribution in [0.2, 0.25) is 0 Å². The molecule has 0 amide bonds. The van der Waals surface area contributed by atoms with Gasteiger partial charge in [-0.3, -0.25) is 0 Å². The Hall–Kier alpha value is -0.0800. The fourth-order valence-electron chi connectivity index (χ4n) is 1.84. The van der Waals surface area contributed by atoms with Crippen molar-refractivity contribution >= 4 is 0 Å². The summed E-state index contributed by atoms with van der Waals surface area (Å²) in [4.78, 5) is 0. The molecule has 0 aromatic heterocycles. The summed E-state index contributed by atoms with van der Waals surface area (Å²) in [6.07, 6.45) is 2.50. The van der Waals surface area contributed by atoms with Gasteiger partial charge in [0, 0.05) is 5.92 Å². The molecule has 0 aliphatic carbocycles. The molecular formula is C8H18NO+. The lowest BCUT2D eigenvalue weighted by atomic mass is 9.98. The van der Waals surface area contributed by atoms with Crippen LogP contribution in [-0.4, -0.2) is 43.4 Å². The molecule has 0 spiro atoms. The number of piperidine rings is 1. The molecule has 2 heteroatoms. The minimum Gasteiger partial charge on any atom is -0.396 e. The number of quaternary nitrogens is 1. The molecule has 1 aliphatic rings. The zero-order valence-corrected chi connectivity index (χ0v) is 7.01. The Morgan fingerprint density at radius 1 is 1.50 bits per heavy atom. The Bertz CT molecular complexity index is 112. The Balaban J connectivity index is 2.40. The summed E-state index contributed by atoms with van der Waals surface area (Å²) in [5, 5.41) is 8.91. The average molecular weight is 144 g/mol. The third-order valence-electron chi connectivity index (χ3n) is 2.39. The van der Waals surface area contributed by atoms with Gasteiger partial charge in [-0.1, -0.05) is 0 Å². The molecule has 1 fully saturated rings. The largest absolute Gasteiger partial charge is 0.396 e. The van der Waals surface area contributed by atoms with Crippen LogP contribution in [-0.2, 0) is 0 Å². The Labute approximate surface area is 63.1 Å². The minimum atomic E-state index is 0.377. The first-order valence-corrected chi connectivity index (χ1v) is 4.07. The van der Waals surface area contributed by atoms with E-state index in [1.807, 2.05) is 0 Å². The quantitative estimate of drug-likeness (QED) is 0.530. The lowest BCUT2D eigenvalue weighted by molar-refractivity contribution is -0.898. The first-order chi connectivity index (χ1) is 4.64. The van der Waals surface area contributed by atoms with Crippen molar-refractivity contribution in [3.8, 4) is 0 Å². The topological polar surface area (TPSA) is 20.2 Å². The molecule has 0 aromatic rings. The SMILES string of the molecule is C[N+]1(C)CCCC(CO)C1. The highest BCUT2D eigenvalue weighted by molar-refractivity contribution is 4.61. The Kier molecular flexibility index (Phi) is 2.32. The lowest BCUT2D eigenvalue weighted by Gasteiger charge is -2.37. The molecule has 0 saturated carbocycles. The van der Waals surface area contributed by atoms with Gasteiger partial charge in [-0.05, 0) is 12.8 Å².